The van der Waals surface area contributed by atoms with Crippen molar-refractivity contribution in [2.75, 3.05) is 0 Å². The van der Waals surface area contributed by atoms with Crippen LogP contribution in [-0.2, 0) is 14.2 Å². The van der Waals surface area contributed by atoms with E-state index in [0.717, 1.165) is 0 Å². The van der Waals surface area contributed by atoms with Gasteiger partial charge in [0.05, 0.1) is 5.69 Å². The highest BCUT2D eigenvalue weighted by atomic mass is 19.4. The van der Waals surface area contributed by atoms with Crippen molar-refractivity contribution in [3.63, 3.8) is 0 Å². The minimum absolute atomic E-state index is 0.173. The molecule has 11 heteroatoms. The predicted octanol–water partition coefficient (Wildman–Crippen LogP) is 2.53. The summed E-state index contributed by atoms with van der Waals surface area (Å²) in [5, 5.41) is 0. The highest BCUT2D eigenvalue weighted by molar-refractivity contribution is 6.39. The summed E-state index contributed by atoms with van der Waals surface area (Å²) in [6, 6.07) is 5.16. The second kappa shape index (κ2) is 5.74. The van der Waals surface area contributed by atoms with Crippen LogP contribution in [0.2, 0.25) is 0 Å². The lowest BCUT2D eigenvalue weighted by Gasteiger charge is -2.22. The molecule has 1 aromatic carbocycles. The van der Waals surface area contributed by atoms with Crippen molar-refractivity contribution in [1.29, 1.82) is 0 Å². The maximum atomic E-state index is 12.3. The van der Waals surface area contributed by atoms with E-state index in [1.54, 1.807) is 0 Å². The van der Waals surface area contributed by atoms with Crippen molar-refractivity contribution in [3.05, 3.63) is 29.8 Å². The largest absolute Gasteiger partial charge is 0.798 e. The van der Waals surface area contributed by atoms with Gasteiger partial charge in [-0.25, -0.2) is 13.6 Å². The number of carbonyl (C=O) groups excluding carboxylic acids is 2. The zero-order valence-electron chi connectivity index (χ0n) is 10.4. The predicted molar refractivity (Wildman–Crippen MR) is 62.6 cm³/mol. The lowest BCUT2D eigenvalue weighted by atomic mass is 9.93. The van der Waals surface area contributed by atoms with Crippen LogP contribution < -0.4 is 0 Å². The number of aliphatic imine (C=N–C) groups is 1. The monoisotopic (exact) mass is 321 g/mol. The van der Waals surface area contributed by atoms with Gasteiger partial charge in [-0.3, -0.25) is 9.59 Å². The first-order valence-electron chi connectivity index (χ1n) is 5.65. The molecule has 1 heterocycles. The molecule has 116 valence electrons. The van der Waals surface area contributed by atoms with E-state index < -0.39 is 37.4 Å². The van der Waals surface area contributed by atoms with Gasteiger partial charge in [0.15, 0.2) is 11.7 Å². The molecule has 0 aromatic heterocycles. The normalized spacial score (nSPS) is 17.4. The van der Waals surface area contributed by atoms with Gasteiger partial charge < -0.3 is 9.39 Å². The molecule has 1 aliphatic rings. The maximum absolute atomic E-state index is 12.3. The summed E-state index contributed by atoms with van der Waals surface area (Å²) in [6.45, 7) is 0. The van der Waals surface area contributed by atoms with Gasteiger partial charge in [-0.05, 0) is 12.1 Å². The molecule has 0 bridgehead atoms. The Bertz CT molecular complexity index is 646. The van der Waals surface area contributed by atoms with Crippen LogP contribution in [0.4, 0.5) is 27.5 Å². The Kier molecular flexibility index (Phi) is 4.15. The average Bonchev–Trinajstić information content (AvgIpc) is 2.36. The molecule has 1 unspecified atom stereocenters. The Hall–Kier alpha value is -2.46. The molecule has 0 fully saturated rings. The summed E-state index contributed by atoms with van der Waals surface area (Å²) in [6.07, 6.45) is -5.26. The molecule has 1 atom stereocenters. The number of hydrogen-bond donors (Lipinski definition) is 0. The number of para-hydroxylation sites is 1. The molecule has 0 aliphatic carbocycles. The first-order chi connectivity index (χ1) is 10.2. The van der Waals surface area contributed by atoms with Gasteiger partial charge in [0.1, 0.15) is 0 Å². The summed E-state index contributed by atoms with van der Waals surface area (Å²) < 4.78 is 68.1. The fraction of sp³-hybridized carbons (Fsp3) is 0.182. The van der Waals surface area contributed by atoms with Crippen LogP contribution >= 0.6 is 0 Å². The number of benzene rings is 1. The number of halogens is 5. The molecule has 0 amide bonds. The summed E-state index contributed by atoms with van der Waals surface area (Å²) in [4.78, 5) is 26.9. The average molecular weight is 321 g/mol. The van der Waals surface area contributed by atoms with Gasteiger partial charge in [0.25, 0.3) is 0 Å². The van der Waals surface area contributed by atoms with E-state index >= 15 is 0 Å². The Morgan fingerprint density at radius 2 is 1.86 bits per heavy atom. The molecule has 1 aromatic rings. The first kappa shape index (κ1) is 15.9. The van der Waals surface area contributed by atoms with Gasteiger partial charge in [-0.1, -0.05) is 12.1 Å². The Labute approximate surface area is 119 Å². The second-order valence-electron chi connectivity index (χ2n) is 4.01. The molecule has 1 aliphatic heterocycles. The standard InChI is InChI=1S/C11H5BF5NO4/c13-11(14,15)21-9-7(10(20)22-12(16)17)8(19)5-3-1-2-4-6(5)18-9/h1-4,7H. The van der Waals surface area contributed by atoms with Gasteiger partial charge in [0, 0.05) is 5.56 Å². The van der Waals surface area contributed by atoms with Crippen LogP contribution in [0.5, 0.6) is 0 Å². The fourth-order valence-electron chi connectivity index (χ4n) is 1.79. The quantitative estimate of drug-likeness (QED) is 0.477. The highest BCUT2D eigenvalue weighted by Crippen LogP contribution is 2.32. The van der Waals surface area contributed by atoms with Crippen molar-refractivity contribution in [1.82, 2.24) is 0 Å². The van der Waals surface area contributed by atoms with E-state index in [2.05, 4.69) is 14.4 Å². The summed E-state index contributed by atoms with van der Waals surface area (Å²) in [7, 11) is -3.59. The maximum Gasteiger partial charge on any atom is 0.798 e. The Morgan fingerprint density at radius 3 is 2.45 bits per heavy atom. The zero-order valence-corrected chi connectivity index (χ0v) is 10.4. The first-order valence-corrected chi connectivity index (χ1v) is 5.65. The summed E-state index contributed by atoms with van der Waals surface area (Å²) in [5.41, 5.74) is -0.374. The van der Waals surface area contributed by atoms with Gasteiger partial charge in [-0.15, -0.1) is 13.2 Å². The van der Waals surface area contributed by atoms with E-state index in [0.29, 0.717) is 0 Å². The third kappa shape index (κ3) is 3.41. The number of alkyl halides is 3. The molecule has 0 saturated carbocycles. The number of rotatable bonds is 2. The molecule has 0 spiro atoms. The van der Waals surface area contributed by atoms with Crippen molar-refractivity contribution in [3.8, 4) is 0 Å². The topological polar surface area (TPSA) is 65.0 Å². The number of ketones is 1. The molecule has 0 saturated heterocycles. The highest BCUT2D eigenvalue weighted by Gasteiger charge is 2.46. The molecular weight excluding hydrogens is 316 g/mol. The molecular formula is C11H5BF5NO4. The smallest absolute Gasteiger partial charge is 0.477 e. The van der Waals surface area contributed by atoms with Crippen LogP contribution in [0.1, 0.15) is 10.4 Å². The third-order valence-electron chi connectivity index (χ3n) is 2.57. The molecule has 2 rings (SSSR count). The second-order valence-corrected chi connectivity index (χ2v) is 4.01. The number of fused-ring (bicyclic) bond motifs is 1. The van der Waals surface area contributed by atoms with Crippen molar-refractivity contribution >= 4 is 30.8 Å². The molecule has 0 radical (unpaired) electrons. The number of Topliss-reactive ketones (excluding diaryl/α,β-unsaturated/α-hetero) is 1. The number of ether oxygens (including phenoxy) is 1. The molecule has 0 N–H and O–H groups in total. The lowest BCUT2D eigenvalue weighted by Crippen LogP contribution is -2.40. The number of nitrogens with zero attached hydrogens (tertiary/aromatic N) is 1. The van der Waals surface area contributed by atoms with E-state index in [9.17, 15) is 31.4 Å². The van der Waals surface area contributed by atoms with Crippen molar-refractivity contribution in [2.24, 2.45) is 10.9 Å². The fourth-order valence-corrected chi connectivity index (χ4v) is 1.79. The zero-order chi connectivity index (χ0) is 16.5. The molecule has 5 nitrogen and oxygen atoms in total. The van der Waals surface area contributed by atoms with E-state index in [1.165, 1.54) is 24.3 Å². The van der Waals surface area contributed by atoms with E-state index in [1.807, 2.05) is 0 Å². The number of hydrogen-bond acceptors (Lipinski definition) is 5. The molecule has 22 heavy (non-hydrogen) atoms. The van der Waals surface area contributed by atoms with Gasteiger partial charge in [0.2, 0.25) is 5.90 Å². The Morgan fingerprint density at radius 1 is 1.23 bits per heavy atom. The van der Waals surface area contributed by atoms with Crippen LogP contribution in [0.3, 0.4) is 0 Å². The van der Waals surface area contributed by atoms with Crippen LogP contribution in [0, 0.1) is 5.92 Å². The van der Waals surface area contributed by atoms with Crippen molar-refractivity contribution in [2.45, 2.75) is 6.36 Å². The van der Waals surface area contributed by atoms with E-state index in [4.69, 9.17) is 0 Å². The number of carbonyl (C=O) groups is 2. The van der Waals surface area contributed by atoms with Crippen LogP contribution in [0.15, 0.2) is 29.3 Å². The van der Waals surface area contributed by atoms with Gasteiger partial charge in [-0.2, -0.15) is 0 Å². The summed E-state index contributed by atoms with van der Waals surface area (Å²) in [5.74, 6) is -6.75. The van der Waals surface area contributed by atoms with Gasteiger partial charge >= 0.3 is 19.8 Å². The SMILES string of the molecule is O=C(OB(F)F)C1C(=O)c2ccccc2N=C1OC(F)(F)F. The summed E-state index contributed by atoms with van der Waals surface area (Å²) >= 11 is 0. The van der Waals surface area contributed by atoms with Crippen molar-refractivity contribution < 1.29 is 40.8 Å². The van der Waals surface area contributed by atoms with E-state index in [-0.39, 0.29) is 11.3 Å². The Balaban J connectivity index is 2.45. The minimum Gasteiger partial charge on any atom is -0.477 e. The third-order valence-corrected chi connectivity index (χ3v) is 2.57. The van der Waals surface area contributed by atoms with Crippen LogP contribution in [-0.4, -0.2) is 31.5 Å². The van der Waals surface area contributed by atoms with Crippen LogP contribution in [0.25, 0.3) is 0 Å². The minimum atomic E-state index is -5.26. The lowest BCUT2D eigenvalue weighted by molar-refractivity contribution is -0.284.